The second-order valence-electron chi connectivity index (χ2n) is 8.11. The van der Waals surface area contributed by atoms with Crippen molar-refractivity contribution >= 4 is 17.4 Å². The van der Waals surface area contributed by atoms with Gasteiger partial charge in [-0.05, 0) is 12.0 Å². The van der Waals surface area contributed by atoms with Gasteiger partial charge in [-0.1, -0.05) is 42.5 Å². The zero-order chi connectivity index (χ0) is 22.6. The molecule has 2 aromatic rings. The number of ether oxygens (including phenoxy) is 3. The molecule has 0 saturated carbocycles. The third-order valence-electron chi connectivity index (χ3n) is 5.84. The maximum Gasteiger partial charge on any atom is 0.333 e. The second kappa shape index (κ2) is 9.44. The Morgan fingerprint density at radius 3 is 2.88 bits per heavy atom. The standard InChI is InChI=1S/C25H26N4O4/c1-31-25(30)17-9-10-18-19(15-17)33-24-22(18)23(32-13-12-27-20-8-5-11-26-20)28-21(29-24)14-16-6-3-2-4-7-16/h2-4,6-7,9-10,19H,5,8,11-15H2,1H3,(H,26,27). The molecule has 0 fully saturated rings. The van der Waals surface area contributed by atoms with Gasteiger partial charge in [-0.2, -0.15) is 9.97 Å². The zero-order valence-corrected chi connectivity index (χ0v) is 18.5. The number of aliphatic imine (C=N–C) groups is 1. The van der Waals surface area contributed by atoms with E-state index in [0.29, 0.717) is 49.2 Å². The van der Waals surface area contributed by atoms with E-state index in [2.05, 4.69) is 15.3 Å². The van der Waals surface area contributed by atoms with E-state index in [1.54, 1.807) is 6.08 Å². The zero-order valence-electron chi connectivity index (χ0n) is 18.5. The monoisotopic (exact) mass is 446 g/mol. The number of nitrogens with zero attached hydrogens (tertiary/aromatic N) is 3. The van der Waals surface area contributed by atoms with E-state index >= 15 is 0 Å². The van der Waals surface area contributed by atoms with Crippen molar-refractivity contribution < 1.29 is 19.0 Å². The summed E-state index contributed by atoms with van der Waals surface area (Å²) < 4.78 is 17.2. The molecule has 0 amide bonds. The molecule has 170 valence electrons. The van der Waals surface area contributed by atoms with Gasteiger partial charge in [0, 0.05) is 37.0 Å². The number of nitrogens with one attached hydrogen (secondary N) is 1. The number of aromatic nitrogens is 2. The van der Waals surface area contributed by atoms with Gasteiger partial charge in [-0.25, -0.2) is 4.79 Å². The molecule has 3 heterocycles. The van der Waals surface area contributed by atoms with Crippen molar-refractivity contribution in [2.45, 2.75) is 31.8 Å². The van der Waals surface area contributed by atoms with Crippen molar-refractivity contribution in [1.29, 1.82) is 0 Å². The summed E-state index contributed by atoms with van der Waals surface area (Å²) >= 11 is 0. The van der Waals surface area contributed by atoms with Crippen LogP contribution < -0.4 is 14.8 Å². The lowest BCUT2D eigenvalue weighted by atomic mass is 9.93. The third-order valence-corrected chi connectivity index (χ3v) is 5.84. The fourth-order valence-corrected chi connectivity index (χ4v) is 4.23. The van der Waals surface area contributed by atoms with Gasteiger partial charge in [0.05, 0.1) is 19.5 Å². The Balaban J connectivity index is 1.40. The second-order valence-corrected chi connectivity index (χ2v) is 8.11. The molecule has 1 N–H and O–H groups in total. The Hall–Kier alpha value is -3.68. The molecule has 0 spiro atoms. The van der Waals surface area contributed by atoms with Gasteiger partial charge >= 0.3 is 5.97 Å². The topological polar surface area (TPSA) is 94.9 Å². The van der Waals surface area contributed by atoms with E-state index in [-0.39, 0.29) is 12.1 Å². The van der Waals surface area contributed by atoms with Crippen LogP contribution in [0.4, 0.5) is 0 Å². The van der Waals surface area contributed by atoms with Crippen LogP contribution in [0.25, 0.3) is 5.57 Å². The molecule has 0 radical (unpaired) electrons. The molecule has 0 bridgehead atoms. The van der Waals surface area contributed by atoms with E-state index in [1.165, 1.54) is 7.11 Å². The number of hydrogen-bond acceptors (Lipinski definition) is 8. The van der Waals surface area contributed by atoms with Crippen LogP contribution in [0.1, 0.15) is 36.2 Å². The first-order valence-electron chi connectivity index (χ1n) is 11.2. The molecule has 1 unspecified atom stereocenters. The first kappa shape index (κ1) is 21.2. The lowest BCUT2D eigenvalue weighted by Gasteiger charge is -2.17. The van der Waals surface area contributed by atoms with Crippen LogP contribution >= 0.6 is 0 Å². The average Bonchev–Trinajstić information content (AvgIpc) is 3.49. The van der Waals surface area contributed by atoms with Gasteiger partial charge in [-0.15, -0.1) is 0 Å². The average molecular weight is 447 g/mol. The highest BCUT2D eigenvalue weighted by atomic mass is 16.5. The van der Waals surface area contributed by atoms with Crippen molar-refractivity contribution in [2.75, 3.05) is 26.8 Å². The Kier molecular flexibility index (Phi) is 6.06. The van der Waals surface area contributed by atoms with Gasteiger partial charge in [0.2, 0.25) is 11.8 Å². The van der Waals surface area contributed by atoms with Crippen molar-refractivity contribution in [1.82, 2.24) is 15.3 Å². The predicted octanol–water partition coefficient (Wildman–Crippen LogP) is 2.88. The van der Waals surface area contributed by atoms with Crippen LogP contribution in [0, 0.1) is 0 Å². The Morgan fingerprint density at radius 2 is 2.09 bits per heavy atom. The first-order chi connectivity index (χ1) is 16.2. The van der Waals surface area contributed by atoms with Gasteiger partial charge in [0.1, 0.15) is 24.1 Å². The fourth-order valence-electron chi connectivity index (χ4n) is 4.23. The van der Waals surface area contributed by atoms with E-state index < -0.39 is 0 Å². The number of rotatable bonds is 7. The third kappa shape index (κ3) is 4.60. The molecule has 1 aromatic carbocycles. The minimum atomic E-state index is -0.349. The van der Waals surface area contributed by atoms with Crippen LogP contribution in [0.5, 0.6) is 11.8 Å². The number of esters is 1. The highest BCUT2D eigenvalue weighted by molar-refractivity contribution is 5.92. The molecule has 0 saturated heterocycles. The molecule has 3 aliphatic rings. The quantitative estimate of drug-likeness (QED) is 0.516. The number of carbonyl (C=O) groups is 1. The number of carbonyl (C=O) groups excluding carboxylic acids is 1. The van der Waals surface area contributed by atoms with Crippen molar-refractivity contribution in [3.63, 3.8) is 0 Å². The van der Waals surface area contributed by atoms with Crippen LogP contribution in [0.3, 0.4) is 0 Å². The highest BCUT2D eigenvalue weighted by Crippen LogP contribution is 2.45. The van der Waals surface area contributed by atoms with E-state index in [4.69, 9.17) is 19.2 Å². The summed E-state index contributed by atoms with van der Waals surface area (Å²) in [6, 6.07) is 10.0. The predicted molar refractivity (Wildman–Crippen MR) is 123 cm³/mol. The number of hydrogen-bond donors (Lipinski definition) is 1. The lowest BCUT2D eigenvalue weighted by molar-refractivity contribution is -0.136. The summed E-state index contributed by atoms with van der Waals surface area (Å²) in [5.74, 6) is 2.32. The summed E-state index contributed by atoms with van der Waals surface area (Å²) in [5.41, 5.74) is 3.36. The molecule has 33 heavy (non-hydrogen) atoms. The fraction of sp³-hybridized carbons (Fsp3) is 0.360. The Labute approximate surface area is 192 Å². The van der Waals surface area contributed by atoms with E-state index in [0.717, 1.165) is 41.9 Å². The minimum Gasteiger partial charge on any atom is -0.475 e. The molecule has 1 aromatic heterocycles. The summed E-state index contributed by atoms with van der Waals surface area (Å²) in [7, 11) is 1.38. The summed E-state index contributed by atoms with van der Waals surface area (Å²) in [6.07, 6.45) is 6.42. The molecule has 2 aliphatic heterocycles. The summed E-state index contributed by atoms with van der Waals surface area (Å²) in [6.45, 7) is 1.97. The summed E-state index contributed by atoms with van der Waals surface area (Å²) in [5, 5.41) is 3.33. The smallest absolute Gasteiger partial charge is 0.333 e. The molecular formula is C25H26N4O4. The number of amidine groups is 1. The lowest BCUT2D eigenvalue weighted by Crippen LogP contribution is -2.27. The van der Waals surface area contributed by atoms with Crippen LogP contribution in [-0.2, 0) is 16.0 Å². The van der Waals surface area contributed by atoms with Crippen molar-refractivity contribution in [3.05, 3.63) is 65.0 Å². The summed E-state index contributed by atoms with van der Waals surface area (Å²) in [4.78, 5) is 25.9. The van der Waals surface area contributed by atoms with Crippen LogP contribution in [-0.4, -0.2) is 54.7 Å². The van der Waals surface area contributed by atoms with E-state index in [1.807, 2.05) is 36.4 Å². The molecule has 8 heteroatoms. The molecular weight excluding hydrogens is 420 g/mol. The Bertz CT molecular complexity index is 1140. The van der Waals surface area contributed by atoms with Crippen molar-refractivity contribution in [3.8, 4) is 11.8 Å². The van der Waals surface area contributed by atoms with Gasteiger partial charge in [-0.3, -0.25) is 4.99 Å². The molecule has 1 aliphatic carbocycles. The molecule has 1 atom stereocenters. The van der Waals surface area contributed by atoms with Gasteiger partial charge in [0.15, 0.2) is 0 Å². The molecule has 8 nitrogen and oxygen atoms in total. The minimum absolute atomic E-state index is 0.311. The van der Waals surface area contributed by atoms with Gasteiger partial charge in [0.25, 0.3) is 0 Å². The number of benzene rings is 1. The van der Waals surface area contributed by atoms with Crippen molar-refractivity contribution in [2.24, 2.45) is 4.99 Å². The SMILES string of the molecule is COC(=O)C1=CC=C2c3c(OCCNC4=NCCC4)nc(Cc4ccccc4)nc3OC2C1. The first-order valence-corrected chi connectivity index (χ1v) is 11.2. The highest BCUT2D eigenvalue weighted by Gasteiger charge is 2.37. The van der Waals surface area contributed by atoms with E-state index in [9.17, 15) is 4.79 Å². The van der Waals surface area contributed by atoms with Gasteiger partial charge < -0.3 is 19.5 Å². The molecule has 5 rings (SSSR count). The van der Waals surface area contributed by atoms with Crippen LogP contribution in [0.15, 0.2) is 53.0 Å². The Morgan fingerprint density at radius 1 is 1.21 bits per heavy atom. The number of methoxy groups -OCH3 is 1. The number of fused-ring (bicyclic) bond motifs is 3. The maximum absolute atomic E-state index is 12.0. The normalized spacial score (nSPS) is 18.3. The maximum atomic E-state index is 12.0. The van der Waals surface area contributed by atoms with Crippen LogP contribution in [0.2, 0.25) is 0 Å². The largest absolute Gasteiger partial charge is 0.475 e. The number of allylic oxidation sites excluding steroid dienone is 2.